The third kappa shape index (κ3) is 5.34. The molecule has 1 amide bonds. The first-order valence-electron chi connectivity index (χ1n) is 9.73. The summed E-state index contributed by atoms with van der Waals surface area (Å²) in [6.45, 7) is 4.37. The van der Waals surface area contributed by atoms with E-state index < -0.39 is 16.8 Å². The molecule has 3 rings (SSSR count). The summed E-state index contributed by atoms with van der Waals surface area (Å²) in [6, 6.07) is 8.98. The van der Waals surface area contributed by atoms with Crippen LogP contribution in [0.2, 0.25) is 0 Å². The fourth-order valence-corrected chi connectivity index (χ4v) is 3.65. The molecule has 0 radical (unpaired) electrons. The summed E-state index contributed by atoms with van der Waals surface area (Å²) >= 11 is 1.19. The molecule has 0 aliphatic carbocycles. The largest absolute Gasteiger partial charge is 0.487 e. The fraction of sp³-hybridized carbons (Fsp3) is 0.286. The van der Waals surface area contributed by atoms with Gasteiger partial charge in [-0.05, 0) is 43.7 Å². The average molecular weight is 443 g/mol. The van der Waals surface area contributed by atoms with E-state index in [2.05, 4.69) is 10.3 Å². The van der Waals surface area contributed by atoms with E-state index in [9.17, 15) is 19.7 Å². The lowest BCUT2D eigenvalue weighted by molar-refractivity contribution is -0.385. The highest BCUT2D eigenvalue weighted by molar-refractivity contribution is 7.22. The van der Waals surface area contributed by atoms with Crippen LogP contribution in [0.15, 0.2) is 36.4 Å². The van der Waals surface area contributed by atoms with Gasteiger partial charge in [-0.15, -0.1) is 0 Å². The minimum atomic E-state index is -0.597. The number of nitrogens with zero attached hydrogens (tertiary/aromatic N) is 2. The number of anilines is 1. The van der Waals surface area contributed by atoms with Crippen molar-refractivity contribution < 1.29 is 24.0 Å². The van der Waals surface area contributed by atoms with Crippen LogP contribution in [-0.4, -0.2) is 35.0 Å². The molecule has 0 saturated heterocycles. The van der Waals surface area contributed by atoms with Crippen LogP contribution in [-0.2, 0) is 4.74 Å². The number of benzene rings is 2. The van der Waals surface area contributed by atoms with Crippen molar-refractivity contribution in [2.75, 3.05) is 18.5 Å². The predicted molar refractivity (Wildman–Crippen MR) is 117 cm³/mol. The zero-order valence-electron chi connectivity index (χ0n) is 17.0. The first-order valence-corrected chi connectivity index (χ1v) is 10.5. The SMILES string of the molecule is CCCCOC(=O)c1ccc2nc(NC(=O)c3ccc(OCC)c([N+](=O)[O-])c3)sc2c1. The molecule has 1 heterocycles. The Hall–Kier alpha value is -3.53. The highest BCUT2D eigenvalue weighted by atomic mass is 32.1. The van der Waals surface area contributed by atoms with Crippen LogP contribution in [0.1, 0.15) is 47.4 Å². The predicted octanol–water partition coefficient (Wildman–Crippen LogP) is 4.81. The molecule has 3 aromatic rings. The topological polar surface area (TPSA) is 121 Å². The number of nitro groups is 1. The zero-order valence-corrected chi connectivity index (χ0v) is 17.9. The maximum atomic E-state index is 12.6. The summed E-state index contributed by atoms with van der Waals surface area (Å²) in [5, 5.41) is 14.2. The normalized spacial score (nSPS) is 10.6. The highest BCUT2D eigenvalue weighted by Crippen LogP contribution is 2.30. The molecule has 1 N–H and O–H groups in total. The second-order valence-corrected chi connectivity index (χ2v) is 7.55. The smallest absolute Gasteiger partial charge is 0.338 e. The highest BCUT2D eigenvalue weighted by Gasteiger charge is 2.19. The Bertz CT molecular complexity index is 1130. The van der Waals surface area contributed by atoms with Crippen molar-refractivity contribution in [3.63, 3.8) is 0 Å². The molecule has 2 aromatic carbocycles. The van der Waals surface area contributed by atoms with Crippen LogP contribution in [0, 0.1) is 10.1 Å². The molecular weight excluding hydrogens is 422 g/mol. The maximum Gasteiger partial charge on any atom is 0.338 e. The molecule has 0 unspecified atom stereocenters. The molecule has 0 bridgehead atoms. The first kappa shape index (κ1) is 22.2. The van der Waals surface area contributed by atoms with Crippen molar-refractivity contribution in [3.05, 3.63) is 57.6 Å². The van der Waals surface area contributed by atoms with Crippen LogP contribution >= 0.6 is 11.3 Å². The van der Waals surface area contributed by atoms with E-state index in [0.717, 1.165) is 18.9 Å². The van der Waals surface area contributed by atoms with Crippen LogP contribution < -0.4 is 10.1 Å². The minimum Gasteiger partial charge on any atom is -0.487 e. The van der Waals surface area contributed by atoms with Gasteiger partial charge < -0.3 is 9.47 Å². The molecular formula is C21H21N3O6S. The van der Waals surface area contributed by atoms with Crippen LogP contribution in [0.5, 0.6) is 5.75 Å². The van der Waals surface area contributed by atoms with Gasteiger partial charge in [0.2, 0.25) is 0 Å². The second-order valence-electron chi connectivity index (χ2n) is 6.52. The number of fused-ring (bicyclic) bond motifs is 1. The molecule has 0 atom stereocenters. The molecule has 9 nitrogen and oxygen atoms in total. The van der Waals surface area contributed by atoms with E-state index >= 15 is 0 Å². The number of unbranched alkanes of at least 4 members (excludes halogenated alkanes) is 1. The van der Waals surface area contributed by atoms with E-state index in [1.165, 1.54) is 23.5 Å². The van der Waals surface area contributed by atoms with Crippen molar-refractivity contribution in [3.8, 4) is 5.75 Å². The third-order valence-electron chi connectivity index (χ3n) is 4.29. The molecule has 0 aliphatic heterocycles. The van der Waals surface area contributed by atoms with Crippen molar-refractivity contribution in [2.24, 2.45) is 0 Å². The van der Waals surface area contributed by atoms with Gasteiger partial charge >= 0.3 is 11.7 Å². The van der Waals surface area contributed by atoms with Crippen molar-refractivity contribution in [1.29, 1.82) is 0 Å². The van der Waals surface area contributed by atoms with Gasteiger partial charge in [0.1, 0.15) is 0 Å². The lowest BCUT2D eigenvalue weighted by Crippen LogP contribution is -2.12. The summed E-state index contributed by atoms with van der Waals surface area (Å²) in [5.41, 5.74) is 0.843. The van der Waals surface area contributed by atoms with Crippen LogP contribution in [0.4, 0.5) is 10.8 Å². The lowest BCUT2D eigenvalue weighted by atomic mass is 10.1. The number of esters is 1. The monoisotopic (exact) mass is 443 g/mol. The minimum absolute atomic E-state index is 0.0994. The summed E-state index contributed by atoms with van der Waals surface area (Å²) in [6.07, 6.45) is 1.73. The van der Waals surface area contributed by atoms with E-state index in [0.29, 0.717) is 27.5 Å². The first-order chi connectivity index (χ1) is 14.9. The number of nitrogens with one attached hydrogen (secondary N) is 1. The van der Waals surface area contributed by atoms with Crippen molar-refractivity contribution >= 4 is 44.2 Å². The Morgan fingerprint density at radius 2 is 1.94 bits per heavy atom. The van der Waals surface area contributed by atoms with Gasteiger partial charge in [0, 0.05) is 11.6 Å². The zero-order chi connectivity index (χ0) is 22.4. The molecule has 0 aliphatic rings. The Labute approximate surface area is 182 Å². The molecule has 0 spiro atoms. The van der Waals surface area contributed by atoms with Gasteiger partial charge in [-0.1, -0.05) is 24.7 Å². The van der Waals surface area contributed by atoms with E-state index in [1.807, 2.05) is 6.92 Å². The Balaban J connectivity index is 1.77. The fourth-order valence-electron chi connectivity index (χ4n) is 2.75. The van der Waals surface area contributed by atoms with Gasteiger partial charge in [-0.25, -0.2) is 9.78 Å². The van der Waals surface area contributed by atoms with Gasteiger partial charge in [0.05, 0.1) is 33.9 Å². The van der Waals surface area contributed by atoms with Gasteiger partial charge in [-0.2, -0.15) is 0 Å². The number of carbonyl (C=O) groups is 2. The number of carbonyl (C=O) groups excluding carboxylic acids is 2. The number of hydrogen-bond donors (Lipinski definition) is 1. The standard InChI is InChI=1S/C21H21N3O6S/c1-3-5-10-30-20(26)14-6-8-15-18(12-14)31-21(22-15)23-19(25)13-7-9-17(29-4-2)16(11-13)24(27)28/h6-9,11-12H,3-5,10H2,1-2H3,(H,22,23,25). The number of thiazole rings is 1. The van der Waals surface area contributed by atoms with E-state index in [-0.39, 0.29) is 23.6 Å². The quantitative estimate of drug-likeness (QED) is 0.218. The van der Waals surface area contributed by atoms with Gasteiger partial charge in [0.25, 0.3) is 5.91 Å². The van der Waals surface area contributed by atoms with Gasteiger partial charge in [0.15, 0.2) is 10.9 Å². The van der Waals surface area contributed by atoms with Crippen molar-refractivity contribution in [2.45, 2.75) is 26.7 Å². The molecule has 162 valence electrons. The Morgan fingerprint density at radius 1 is 1.16 bits per heavy atom. The number of nitro benzene ring substituents is 1. The summed E-state index contributed by atoms with van der Waals surface area (Å²) in [5.74, 6) is -0.845. The van der Waals surface area contributed by atoms with E-state index in [1.54, 1.807) is 25.1 Å². The molecule has 1 aromatic heterocycles. The molecule has 0 fully saturated rings. The number of ether oxygens (including phenoxy) is 2. The van der Waals surface area contributed by atoms with Crippen LogP contribution in [0.25, 0.3) is 10.2 Å². The number of amides is 1. The Morgan fingerprint density at radius 3 is 2.65 bits per heavy atom. The maximum absolute atomic E-state index is 12.6. The average Bonchev–Trinajstić information content (AvgIpc) is 3.15. The third-order valence-corrected chi connectivity index (χ3v) is 5.23. The second kappa shape index (κ2) is 9.98. The van der Waals surface area contributed by atoms with Crippen LogP contribution in [0.3, 0.4) is 0 Å². The lowest BCUT2D eigenvalue weighted by Gasteiger charge is -2.06. The number of aromatic nitrogens is 1. The number of hydrogen-bond acceptors (Lipinski definition) is 8. The van der Waals surface area contributed by atoms with E-state index in [4.69, 9.17) is 9.47 Å². The summed E-state index contributed by atoms with van der Waals surface area (Å²) in [4.78, 5) is 39.7. The number of rotatable bonds is 9. The Kier molecular flexibility index (Phi) is 7.14. The molecule has 31 heavy (non-hydrogen) atoms. The summed E-state index contributed by atoms with van der Waals surface area (Å²) < 4.78 is 11.2. The summed E-state index contributed by atoms with van der Waals surface area (Å²) in [7, 11) is 0. The van der Waals surface area contributed by atoms with Crippen molar-refractivity contribution in [1.82, 2.24) is 4.98 Å². The van der Waals surface area contributed by atoms with Gasteiger partial charge in [-0.3, -0.25) is 20.2 Å². The molecule has 10 heteroatoms. The molecule has 0 saturated carbocycles.